The lowest BCUT2D eigenvalue weighted by Gasteiger charge is -2.02. The van der Waals surface area contributed by atoms with Gasteiger partial charge in [0.05, 0.1) is 5.69 Å². The maximum absolute atomic E-state index is 8.90. The minimum Gasteiger partial charge on any atom is -0.441 e. The summed E-state index contributed by atoms with van der Waals surface area (Å²) in [5, 5.41) is 8.90. The predicted molar refractivity (Wildman–Crippen MR) is 69.2 cm³/mol. The number of aromatic nitrogens is 3. The second-order valence-electron chi connectivity index (χ2n) is 4.25. The molecule has 0 atom stereocenters. The molecule has 5 heteroatoms. The van der Waals surface area contributed by atoms with Crippen LogP contribution in [0.25, 0.3) is 22.4 Å². The Morgan fingerprint density at radius 3 is 2.74 bits per heavy atom. The summed E-state index contributed by atoms with van der Waals surface area (Å²) < 4.78 is 5.50. The number of hydrogen-bond acceptors (Lipinski definition) is 5. The van der Waals surface area contributed by atoms with E-state index in [0.29, 0.717) is 17.2 Å². The van der Waals surface area contributed by atoms with Gasteiger partial charge in [-0.15, -0.1) is 0 Å². The molecule has 0 aliphatic rings. The van der Waals surface area contributed by atoms with Crippen LogP contribution in [0.15, 0.2) is 28.7 Å². The van der Waals surface area contributed by atoms with Crippen LogP contribution >= 0.6 is 0 Å². The number of rotatable bonds is 1. The molecule has 2 heterocycles. The maximum Gasteiger partial charge on any atom is 0.232 e. The molecule has 0 spiro atoms. The highest BCUT2D eigenvalue weighted by atomic mass is 16.3. The zero-order chi connectivity index (χ0) is 13.4. The summed E-state index contributed by atoms with van der Waals surface area (Å²) in [6.07, 6.45) is 0. The fourth-order valence-corrected chi connectivity index (χ4v) is 1.97. The topological polar surface area (TPSA) is 75.6 Å². The fraction of sp³-hybridized carbons (Fsp3) is 0.143. The Kier molecular flexibility index (Phi) is 2.50. The molecule has 5 nitrogen and oxygen atoms in total. The number of aryl methyl sites for hydroxylation is 2. The van der Waals surface area contributed by atoms with E-state index in [1.807, 2.05) is 44.2 Å². The summed E-state index contributed by atoms with van der Waals surface area (Å²) in [5.41, 5.74) is 3.87. The highest BCUT2D eigenvalue weighted by Crippen LogP contribution is 2.24. The van der Waals surface area contributed by atoms with Gasteiger partial charge in [0.15, 0.2) is 11.5 Å². The molecule has 3 aromatic rings. The SMILES string of the molecule is Cc1cc(-c2ccc3nc(C)oc3c2)nc(C#N)n1. The molecule has 2 aromatic heterocycles. The van der Waals surface area contributed by atoms with Crippen molar-refractivity contribution in [3.05, 3.63) is 41.7 Å². The quantitative estimate of drug-likeness (QED) is 0.663. The second-order valence-corrected chi connectivity index (χ2v) is 4.25. The van der Waals surface area contributed by atoms with Gasteiger partial charge in [-0.3, -0.25) is 0 Å². The Bertz CT molecular complexity index is 814. The van der Waals surface area contributed by atoms with Crippen molar-refractivity contribution in [1.82, 2.24) is 15.0 Å². The number of fused-ring (bicyclic) bond motifs is 1. The largest absolute Gasteiger partial charge is 0.441 e. The van der Waals surface area contributed by atoms with E-state index in [9.17, 15) is 0 Å². The summed E-state index contributed by atoms with van der Waals surface area (Å²) in [7, 11) is 0. The first-order valence-corrected chi connectivity index (χ1v) is 5.79. The first-order chi connectivity index (χ1) is 9.15. The van der Waals surface area contributed by atoms with Gasteiger partial charge in [-0.2, -0.15) is 5.26 Å². The lowest BCUT2D eigenvalue weighted by Crippen LogP contribution is -1.94. The second kappa shape index (κ2) is 4.18. The molecule has 92 valence electrons. The van der Waals surface area contributed by atoms with Gasteiger partial charge in [0.25, 0.3) is 0 Å². The van der Waals surface area contributed by atoms with Crippen LogP contribution in [-0.4, -0.2) is 15.0 Å². The predicted octanol–water partition coefficient (Wildman–Crippen LogP) is 2.77. The summed E-state index contributed by atoms with van der Waals surface area (Å²) in [4.78, 5) is 12.5. The smallest absolute Gasteiger partial charge is 0.232 e. The van der Waals surface area contributed by atoms with Crippen LogP contribution in [0.2, 0.25) is 0 Å². The minimum absolute atomic E-state index is 0.170. The molecular formula is C14H10N4O. The molecule has 0 aliphatic carbocycles. The highest BCUT2D eigenvalue weighted by molar-refractivity contribution is 5.79. The van der Waals surface area contributed by atoms with E-state index in [1.165, 1.54) is 0 Å². The standard InChI is InChI=1S/C14H10N4O/c1-8-5-12(18-14(7-15)16-8)10-3-4-11-13(6-10)19-9(2)17-11/h3-6H,1-2H3. The number of nitrogens with zero attached hydrogens (tertiary/aromatic N) is 4. The lowest BCUT2D eigenvalue weighted by atomic mass is 10.1. The number of benzene rings is 1. The Hall–Kier alpha value is -2.74. The summed E-state index contributed by atoms with van der Waals surface area (Å²) in [6.45, 7) is 3.64. The molecule has 0 aliphatic heterocycles. The fourth-order valence-electron chi connectivity index (χ4n) is 1.97. The van der Waals surface area contributed by atoms with Crippen LogP contribution in [0.3, 0.4) is 0 Å². The number of oxazole rings is 1. The lowest BCUT2D eigenvalue weighted by molar-refractivity contribution is 0.561. The van der Waals surface area contributed by atoms with Gasteiger partial charge >= 0.3 is 0 Å². The van der Waals surface area contributed by atoms with Crippen molar-refractivity contribution in [1.29, 1.82) is 5.26 Å². The zero-order valence-electron chi connectivity index (χ0n) is 10.5. The molecule has 0 saturated heterocycles. The first-order valence-electron chi connectivity index (χ1n) is 5.79. The van der Waals surface area contributed by atoms with E-state index in [0.717, 1.165) is 16.8 Å². The van der Waals surface area contributed by atoms with Crippen molar-refractivity contribution in [2.24, 2.45) is 0 Å². The first kappa shape index (κ1) is 11.4. The van der Waals surface area contributed by atoms with Crippen LogP contribution in [-0.2, 0) is 0 Å². The van der Waals surface area contributed by atoms with Crippen molar-refractivity contribution < 1.29 is 4.42 Å². The van der Waals surface area contributed by atoms with Crippen LogP contribution in [0.5, 0.6) is 0 Å². The highest BCUT2D eigenvalue weighted by Gasteiger charge is 2.08. The molecule has 0 unspecified atom stereocenters. The van der Waals surface area contributed by atoms with E-state index in [1.54, 1.807) is 0 Å². The van der Waals surface area contributed by atoms with Gasteiger partial charge in [-0.05, 0) is 25.1 Å². The molecule has 0 amide bonds. The molecule has 0 radical (unpaired) electrons. The number of hydrogen-bond donors (Lipinski definition) is 0. The third-order valence-corrected chi connectivity index (χ3v) is 2.75. The Balaban J connectivity index is 2.18. The normalized spacial score (nSPS) is 10.6. The molecule has 3 rings (SSSR count). The third kappa shape index (κ3) is 2.04. The van der Waals surface area contributed by atoms with Crippen LogP contribution in [0, 0.1) is 25.2 Å². The molecule has 19 heavy (non-hydrogen) atoms. The monoisotopic (exact) mass is 250 g/mol. The van der Waals surface area contributed by atoms with E-state index < -0.39 is 0 Å². The minimum atomic E-state index is 0.170. The van der Waals surface area contributed by atoms with Crippen LogP contribution < -0.4 is 0 Å². The van der Waals surface area contributed by atoms with E-state index >= 15 is 0 Å². The third-order valence-electron chi connectivity index (χ3n) is 2.75. The van der Waals surface area contributed by atoms with E-state index in [4.69, 9.17) is 9.68 Å². The molecule has 0 fully saturated rings. The Morgan fingerprint density at radius 1 is 1.11 bits per heavy atom. The molecule has 1 aromatic carbocycles. The van der Waals surface area contributed by atoms with Gasteiger partial charge in [-0.25, -0.2) is 15.0 Å². The van der Waals surface area contributed by atoms with Crippen molar-refractivity contribution in [2.75, 3.05) is 0 Å². The van der Waals surface area contributed by atoms with Crippen LogP contribution in [0.4, 0.5) is 0 Å². The number of nitriles is 1. The summed E-state index contributed by atoms with van der Waals surface area (Å²) in [5.74, 6) is 0.799. The van der Waals surface area contributed by atoms with Crippen molar-refractivity contribution >= 4 is 11.1 Å². The van der Waals surface area contributed by atoms with Gasteiger partial charge in [-0.1, -0.05) is 6.07 Å². The van der Waals surface area contributed by atoms with E-state index in [2.05, 4.69) is 15.0 Å². The van der Waals surface area contributed by atoms with Crippen molar-refractivity contribution in [2.45, 2.75) is 13.8 Å². The molecule has 0 bridgehead atoms. The Labute approximate surface area is 109 Å². The summed E-state index contributed by atoms with van der Waals surface area (Å²) >= 11 is 0. The molecule has 0 saturated carbocycles. The van der Waals surface area contributed by atoms with Gasteiger partial charge < -0.3 is 4.42 Å². The molecule has 0 N–H and O–H groups in total. The maximum atomic E-state index is 8.90. The zero-order valence-corrected chi connectivity index (χ0v) is 10.5. The van der Waals surface area contributed by atoms with Gasteiger partial charge in [0.2, 0.25) is 5.82 Å². The van der Waals surface area contributed by atoms with Crippen LogP contribution in [0.1, 0.15) is 17.4 Å². The van der Waals surface area contributed by atoms with Gasteiger partial charge in [0.1, 0.15) is 11.6 Å². The van der Waals surface area contributed by atoms with Gasteiger partial charge in [0, 0.05) is 18.2 Å². The average Bonchev–Trinajstić information content (AvgIpc) is 2.76. The van der Waals surface area contributed by atoms with Crippen molar-refractivity contribution in [3.8, 4) is 17.3 Å². The molecular weight excluding hydrogens is 240 g/mol. The summed E-state index contributed by atoms with van der Waals surface area (Å²) in [6, 6.07) is 9.46. The average molecular weight is 250 g/mol. The Morgan fingerprint density at radius 2 is 1.95 bits per heavy atom. The van der Waals surface area contributed by atoms with E-state index in [-0.39, 0.29) is 5.82 Å². The van der Waals surface area contributed by atoms with Crippen molar-refractivity contribution in [3.63, 3.8) is 0 Å².